The van der Waals surface area contributed by atoms with Gasteiger partial charge < -0.3 is 5.32 Å². The Morgan fingerprint density at radius 2 is 2.00 bits per heavy atom. The van der Waals surface area contributed by atoms with Gasteiger partial charge in [0.1, 0.15) is 0 Å². The van der Waals surface area contributed by atoms with E-state index < -0.39 is 11.7 Å². The van der Waals surface area contributed by atoms with Crippen molar-refractivity contribution >= 4 is 5.69 Å². The van der Waals surface area contributed by atoms with Crippen molar-refractivity contribution in [1.29, 1.82) is 0 Å². The number of halogens is 3. The standard InChI is InChI=1S/C16H20F3N/c1-11(2)14-8-3-4-9-15(14)20-13-7-5-6-12(10-13)16(17,18)19/h4-7,9-11,14-15,20H,3,8H2,1-2H3. The summed E-state index contributed by atoms with van der Waals surface area (Å²) in [6.07, 6.45) is 2.00. The molecule has 0 aliphatic heterocycles. The maximum Gasteiger partial charge on any atom is 0.416 e. The normalized spacial score (nSPS) is 23.1. The van der Waals surface area contributed by atoms with Crippen LogP contribution in [0.1, 0.15) is 32.3 Å². The highest BCUT2D eigenvalue weighted by molar-refractivity contribution is 5.48. The molecular formula is C16H20F3N. The minimum absolute atomic E-state index is 0.104. The highest BCUT2D eigenvalue weighted by Gasteiger charge is 2.31. The first kappa shape index (κ1) is 14.9. The van der Waals surface area contributed by atoms with Crippen LogP contribution >= 0.6 is 0 Å². The van der Waals surface area contributed by atoms with Gasteiger partial charge >= 0.3 is 6.18 Å². The molecule has 4 heteroatoms. The summed E-state index contributed by atoms with van der Waals surface area (Å²) in [4.78, 5) is 0. The molecule has 1 N–H and O–H groups in total. The van der Waals surface area contributed by atoms with Crippen LogP contribution in [-0.2, 0) is 6.18 Å². The molecule has 1 aromatic rings. The molecule has 2 atom stereocenters. The van der Waals surface area contributed by atoms with Crippen LogP contribution in [0.3, 0.4) is 0 Å². The van der Waals surface area contributed by atoms with E-state index in [1.807, 2.05) is 0 Å². The monoisotopic (exact) mass is 283 g/mol. The molecular weight excluding hydrogens is 263 g/mol. The van der Waals surface area contributed by atoms with Crippen LogP contribution in [0.25, 0.3) is 0 Å². The molecule has 0 amide bonds. The van der Waals surface area contributed by atoms with Crippen LogP contribution in [0.15, 0.2) is 36.4 Å². The van der Waals surface area contributed by atoms with E-state index in [2.05, 4.69) is 31.3 Å². The van der Waals surface area contributed by atoms with Crippen LogP contribution < -0.4 is 5.32 Å². The second-order valence-electron chi connectivity index (χ2n) is 5.66. The van der Waals surface area contributed by atoms with Crippen molar-refractivity contribution in [1.82, 2.24) is 0 Å². The molecule has 2 rings (SSSR count). The summed E-state index contributed by atoms with van der Waals surface area (Å²) in [7, 11) is 0. The molecule has 0 bridgehead atoms. The number of allylic oxidation sites excluding steroid dienone is 1. The molecule has 0 saturated heterocycles. The van der Waals surface area contributed by atoms with Crippen LogP contribution in [-0.4, -0.2) is 6.04 Å². The van der Waals surface area contributed by atoms with E-state index in [1.165, 1.54) is 12.1 Å². The van der Waals surface area contributed by atoms with Crippen molar-refractivity contribution in [3.8, 4) is 0 Å². The Kier molecular flexibility index (Phi) is 4.41. The summed E-state index contributed by atoms with van der Waals surface area (Å²) in [6, 6.07) is 5.52. The minimum Gasteiger partial charge on any atom is -0.379 e. The Morgan fingerprint density at radius 3 is 2.65 bits per heavy atom. The van der Waals surface area contributed by atoms with Gasteiger partial charge in [-0.05, 0) is 42.9 Å². The molecule has 1 nitrogen and oxygen atoms in total. The van der Waals surface area contributed by atoms with Gasteiger partial charge in [-0.2, -0.15) is 13.2 Å². The topological polar surface area (TPSA) is 12.0 Å². The lowest BCUT2D eigenvalue weighted by atomic mass is 9.81. The predicted octanol–water partition coefficient (Wildman–Crippen LogP) is 5.11. The van der Waals surface area contributed by atoms with E-state index in [0.717, 1.165) is 18.9 Å². The molecule has 1 aliphatic rings. The van der Waals surface area contributed by atoms with Crippen LogP contribution in [0.2, 0.25) is 0 Å². The van der Waals surface area contributed by atoms with E-state index >= 15 is 0 Å². The van der Waals surface area contributed by atoms with Crippen LogP contribution in [0.5, 0.6) is 0 Å². The fourth-order valence-electron chi connectivity index (χ4n) is 2.73. The van der Waals surface area contributed by atoms with E-state index in [1.54, 1.807) is 6.07 Å². The Hall–Kier alpha value is -1.45. The van der Waals surface area contributed by atoms with Gasteiger partial charge in [0.25, 0.3) is 0 Å². The SMILES string of the molecule is CC(C)C1CCC=CC1Nc1cccc(C(F)(F)F)c1. The molecule has 0 saturated carbocycles. The van der Waals surface area contributed by atoms with Crippen molar-refractivity contribution in [3.05, 3.63) is 42.0 Å². The lowest BCUT2D eigenvalue weighted by molar-refractivity contribution is -0.137. The summed E-state index contributed by atoms with van der Waals surface area (Å²) >= 11 is 0. The number of nitrogens with one attached hydrogen (secondary N) is 1. The highest BCUT2D eigenvalue weighted by atomic mass is 19.4. The third-order valence-electron chi connectivity index (χ3n) is 3.85. The Balaban J connectivity index is 2.16. The van der Waals surface area contributed by atoms with Gasteiger partial charge in [0, 0.05) is 11.7 Å². The molecule has 2 unspecified atom stereocenters. The third kappa shape index (κ3) is 3.56. The summed E-state index contributed by atoms with van der Waals surface area (Å²) in [6.45, 7) is 4.31. The molecule has 1 aliphatic carbocycles. The fourth-order valence-corrected chi connectivity index (χ4v) is 2.73. The molecule has 20 heavy (non-hydrogen) atoms. The van der Waals surface area contributed by atoms with E-state index in [9.17, 15) is 13.2 Å². The van der Waals surface area contributed by atoms with E-state index in [4.69, 9.17) is 0 Å². The Labute approximate surface area is 117 Å². The van der Waals surface area contributed by atoms with Gasteiger partial charge in [-0.25, -0.2) is 0 Å². The number of alkyl halides is 3. The maximum absolute atomic E-state index is 12.7. The summed E-state index contributed by atoms with van der Waals surface area (Å²) < 4.78 is 38.1. The lowest BCUT2D eigenvalue weighted by Gasteiger charge is -2.32. The van der Waals surface area contributed by atoms with E-state index in [0.29, 0.717) is 17.5 Å². The van der Waals surface area contributed by atoms with Gasteiger partial charge in [0.2, 0.25) is 0 Å². The minimum atomic E-state index is -4.29. The van der Waals surface area contributed by atoms with Crippen LogP contribution in [0.4, 0.5) is 18.9 Å². The van der Waals surface area contributed by atoms with Crippen molar-refractivity contribution in [2.45, 2.75) is 38.9 Å². The molecule has 0 radical (unpaired) electrons. The average Bonchev–Trinajstić information content (AvgIpc) is 2.38. The van der Waals surface area contributed by atoms with Gasteiger partial charge in [0.05, 0.1) is 5.56 Å². The lowest BCUT2D eigenvalue weighted by Crippen LogP contribution is -2.32. The Bertz CT molecular complexity index is 477. The zero-order chi connectivity index (χ0) is 14.8. The Morgan fingerprint density at radius 1 is 1.25 bits per heavy atom. The molecule has 0 spiro atoms. The predicted molar refractivity (Wildman–Crippen MR) is 75.6 cm³/mol. The van der Waals surface area contributed by atoms with E-state index in [-0.39, 0.29) is 6.04 Å². The number of hydrogen-bond acceptors (Lipinski definition) is 1. The second kappa shape index (κ2) is 5.90. The molecule has 0 fully saturated rings. The highest BCUT2D eigenvalue weighted by Crippen LogP contribution is 2.32. The molecule has 1 aromatic carbocycles. The first-order valence-corrected chi connectivity index (χ1v) is 6.98. The summed E-state index contributed by atoms with van der Waals surface area (Å²) in [5.41, 5.74) is -0.0783. The third-order valence-corrected chi connectivity index (χ3v) is 3.85. The van der Waals surface area contributed by atoms with Crippen LogP contribution in [0, 0.1) is 11.8 Å². The first-order valence-electron chi connectivity index (χ1n) is 6.98. The zero-order valence-corrected chi connectivity index (χ0v) is 11.7. The quantitative estimate of drug-likeness (QED) is 0.760. The number of anilines is 1. The average molecular weight is 283 g/mol. The zero-order valence-electron chi connectivity index (χ0n) is 11.7. The fraction of sp³-hybridized carbons (Fsp3) is 0.500. The van der Waals surface area contributed by atoms with Gasteiger partial charge in [-0.3, -0.25) is 0 Å². The number of rotatable bonds is 3. The maximum atomic E-state index is 12.7. The largest absolute Gasteiger partial charge is 0.416 e. The summed E-state index contributed by atoms with van der Waals surface area (Å²) in [5, 5.41) is 3.24. The van der Waals surface area contributed by atoms with Gasteiger partial charge in [-0.15, -0.1) is 0 Å². The van der Waals surface area contributed by atoms with Crippen molar-refractivity contribution in [3.63, 3.8) is 0 Å². The van der Waals surface area contributed by atoms with Gasteiger partial charge in [-0.1, -0.05) is 32.1 Å². The van der Waals surface area contributed by atoms with Crippen molar-refractivity contribution < 1.29 is 13.2 Å². The number of hydrogen-bond donors (Lipinski definition) is 1. The number of benzene rings is 1. The van der Waals surface area contributed by atoms with Crippen molar-refractivity contribution in [2.24, 2.45) is 11.8 Å². The smallest absolute Gasteiger partial charge is 0.379 e. The van der Waals surface area contributed by atoms with Crippen molar-refractivity contribution in [2.75, 3.05) is 5.32 Å². The summed E-state index contributed by atoms with van der Waals surface area (Å²) in [5.74, 6) is 0.956. The van der Waals surface area contributed by atoms with Gasteiger partial charge in [0.15, 0.2) is 0 Å². The molecule has 0 heterocycles. The second-order valence-corrected chi connectivity index (χ2v) is 5.66. The molecule has 0 aromatic heterocycles. The first-order chi connectivity index (χ1) is 9.38. The molecule has 110 valence electrons.